The van der Waals surface area contributed by atoms with Crippen LogP contribution in [-0.4, -0.2) is 49.0 Å². The Morgan fingerprint density at radius 3 is 2.42 bits per heavy atom. The molecule has 0 unspecified atom stereocenters. The van der Waals surface area contributed by atoms with Crippen LogP contribution in [0.15, 0.2) is 34.8 Å². The maximum absolute atomic E-state index is 12.1. The molecule has 0 saturated carbocycles. The average Bonchev–Trinajstić information content (AvgIpc) is 2.66. The summed E-state index contributed by atoms with van der Waals surface area (Å²) in [6.07, 6.45) is 4.07. The quantitative estimate of drug-likeness (QED) is 0.519. The number of nitrogens with zero attached hydrogens (tertiary/aromatic N) is 1. The topological polar surface area (TPSA) is 72.9 Å². The van der Waals surface area contributed by atoms with Gasteiger partial charge in [0.1, 0.15) is 0 Å². The number of rotatable bonds is 6. The Balaban J connectivity index is 1.72. The predicted molar refractivity (Wildman–Crippen MR) is 100 cm³/mol. The lowest BCUT2D eigenvalue weighted by molar-refractivity contribution is -0.153. The minimum absolute atomic E-state index is 0.157. The maximum Gasteiger partial charge on any atom is 0.331 e. The SMILES string of the molecule is CCOC(=O)C1CCN(C(=O)COC(=O)/C=C/c2ccc(Br)cc2)CC1. The van der Waals surface area contributed by atoms with Gasteiger partial charge >= 0.3 is 11.9 Å². The highest BCUT2D eigenvalue weighted by molar-refractivity contribution is 9.10. The van der Waals surface area contributed by atoms with E-state index in [9.17, 15) is 14.4 Å². The smallest absolute Gasteiger partial charge is 0.331 e. The second kappa shape index (κ2) is 10.1. The zero-order valence-electron chi connectivity index (χ0n) is 14.7. The molecule has 1 aliphatic rings. The Bertz CT molecular complexity index is 663. The Labute approximate surface area is 161 Å². The number of hydrogen-bond acceptors (Lipinski definition) is 5. The van der Waals surface area contributed by atoms with Gasteiger partial charge in [-0.2, -0.15) is 0 Å². The van der Waals surface area contributed by atoms with Crippen LogP contribution in [0, 0.1) is 5.92 Å². The van der Waals surface area contributed by atoms with Crippen molar-refractivity contribution >= 4 is 39.9 Å². The van der Waals surface area contributed by atoms with E-state index >= 15 is 0 Å². The first-order valence-electron chi connectivity index (χ1n) is 8.54. The van der Waals surface area contributed by atoms with Gasteiger partial charge in [0, 0.05) is 23.6 Å². The zero-order chi connectivity index (χ0) is 18.9. The average molecular weight is 424 g/mol. The molecule has 0 spiro atoms. The number of esters is 2. The van der Waals surface area contributed by atoms with Crippen LogP contribution in [0.2, 0.25) is 0 Å². The molecular weight excluding hydrogens is 402 g/mol. The molecule has 0 radical (unpaired) electrons. The van der Waals surface area contributed by atoms with Gasteiger partial charge in [-0.1, -0.05) is 28.1 Å². The van der Waals surface area contributed by atoms with Gasteiger partial charge in [-0.15, -0.1) is 0 Å². The molecule has 1 saturated heterocycles. The Morgan fingerprint density at radius 2 is 1.81 bits per heavy atom. The van der Waals surface area contributed by atoms with Gasteiger partial charge in [0.15, 0.2) is 6.61 Å². The minimum Gasteiger partial charge on any atom is -0.466 e. The number of carbonyl (C=O) groups is 3. The van der Waals surface area contributed by atoms with Crippen LogP contribution in [-0.2, 0) is 23.9 Å². The first-order chi connectivity index (χ1) is 12.5. The molecule has 0 aliphatic carbocycles. The van der Waals surface area contributed by atoms with Crippen LogP contribution in [0.5, 0.6) is 0 Å². The molecule has 0 N–H and O–H groups in total. The molecule has 7 heteroatoms. The van der Waals surface area contributed by atoms with Gasteiger partial charge in [0.05, 0.1) is 12.5 Å². The van der Waals surface area contributed by atoms with Crippen LogP contribution in [0.1, 0.15) is 25.3 Å². The number of halogens is 1. The molecule has 0 atom stereocenters. The van der Waals surface area contributed by atoms with E-state index in [0.29, 0.717) is 32.5 Å². The lowest BCUT2D eigenvalue weighted by Crippen LogP contribution is -2.42. The largest absolute Gasteiger partial charge is 0.466 e. The normalized spacial score (nSPS) is 15.1. The van der Waals surface area contributed by atoms with Crippen molar-refractivity contribution in [2.45, 2.75) is 19.8 Å². The van der Waals surface area contributed by atoms with E-state index in [0.717, 1.165) is 10.0 Å². The third kappa shape index (κ3) is 6.29. The van der Waals surface area contributed by atoms with Gasteiger partial charge in [0.2, 0.25) is 0 Å². The summed E-state index contributed by atoms with van der Waals surface area (Å²) < 4.78 is 11.0. The van der Waals surface area contributed by atoms with Crippen molar-refractivity contribution in [1.82, 2.24) is 4.90 Å². The highest BCUT2D eigenvalue weighted by Crippen LogP contribution is 2.18. The number of hydrogen-bond donors (Lipinski definition) is 0. The summed E-state index contributed by atoms with van der Waals surface area (Å²) in [5.41, 5.74) is 0.859. The van der Waals surface area contributed by atoms with Crippen molar-refractivity contribution in [2.24, 2.45) is 5.92 Å². The second-order valence-corrected chi connectivity index (χ2v) is 6.82. The summed E-state index contributed by atoms with van der Waals surface area (Å²) in [7, 11) is 0. The molecule has 1 aromatic carbocycles. The number of benzene rings is 1. The molecule has 1 aromatic rings. The lowest BCUT2D eigenvalue weighted by Gasteiger charge is -2.30. The van der Waals surface area contributed by atoms with Gasteiger partial charge < -0.3 is 14.4 Å². The number of ether oxygens (including phenoxy) is 2. The van der Waals surface area contributed by atoms with E-state index in [2.05, 4.69) is 15.9 Å². The Kier molecular flexibility index (Phi) is 7.84. The molecule has 1 fully saturated rings. The molecule has 2 rings (SSSR count). The summed E-state index contributed by atoms with van der Waals surface area (Å²) in [6, 6.07) is 7.45. The molecule has 0 aromatic heterocycles. The fourth-order valence-electron chi connectivity index (χ4n) is 2.64. The van der Waals surface area contributed by atoms with Crippen molar-refractivity contribution in [3.05, 3.63) is 40.4 Å². The molecule has 1 amide bonds. The summed E-state index contributed by atoms with van der Waals surface area (Å²) >= 11 is 3.34. The molecule has 26 heavy (non-hydrogen) atoms. The highest BCUT2D eigenvalue weighted by atomic mass is 79.9. The number of carbonyl (C=O) groups excluding carboxylic acids is 3. The lowest BCUT2D eigenvalue weighted by atomic mass is 9.97. The molecule has 6 nitrogen and oxygen atoms in total. The van der Waals surface area contributed by atoms with Crippen molar-refractivity contribution < 1.29 is 23.9 Å². The van der Waals surface area contributed by atoms with E-state index < -0.39 is 5.97 Å². The van der Waals surface area contributed by atoms with Crippen molar-refractivity contribution in [3.63, 3.8) is 0 Å². The van der Waals surface area contributed by atoms with Crippen molar-refractivity contribution in [2.75, 3.05) is 26.3 Å². The van der Waals surface area contributed by atoms with E-state index in [1.54, 1.807) is 17.9 Å². The second-order valence-electron chi connectivity index (χ2n) is 5.90. The zero-order valence-corrected chi connectivity index (χ0v) is 16.2. The van der Waals surface area contributed by atoms with Gasteiger partial charge in [-0.25, -0.2) is 4.79 Å². The Hall–Kier alpha value is -2.15. The van der Waals surface area contributed by atoms with E-state index in [-0.39, 0.29) is 24.4 Å². The minimum atomic E-state index is -0.567. The monoisotopic (exact) mass is 423 g/mol. The fraction of sp³-hybridized carbons (Fsp3) is 0.421. The number of piperidine rings is 1. The number of amides is 1. The van der Waals surface area contributed by atoms with Crippen LogP contribution < -0.4 is 0 Å². The van der Waals surface area contributed by atoms with Crippen LogP contribution in [0.3, 0.4) is 0 Å². The van der Waals surface area contributed by atoms with Crippen LogP contribution in [0.25, 0.3) is 6.08 Å². The molecular formula is C19H22BrNO5. The first-order valence-corrected chi connectivity index (χ1v) is 9.33. The van der Waals surface area contributed by atoms with Crippen molar-refractivity contribution in [1.29, 1.82) is 0 Å². The van der Waals surface area contributed by atoms with Crippen LogP contribution in [0.4, 0.5) is 0 Å². The van der Waals surface area contributed by atoms with Gasteiger partial charge in [-0.05, 0) is 43.5 Å². The summed E-state index contributed by atoms with van der Waals surface area (Å²) in [6.45, 7) is 2.77. The van der Waals surface area contributed by atoms with E-state index in [1.807, 2.05) is 24.3 Å². The summed E-state index contributed by atoms with van der Waals surface area (Å²) in [5.74, 6) is -1.18. The number of likely N-dealkylation sites (tertiary alicyclic amines) is 1. The molecule has 1 heterocycles. The Morgan fingerprint density at radius 1 is 1.15 bits per heavy atom. The third-order valence-corrected chi connectivity index (χ3v) is 4.62. The first kappa shape index (κ1) is 20.2. The van der Waals surface area contributed by atoms with E-state index in [4.69, 9.17) is 9.47 Å². The summed E-state index contributed by atoms with van der Waals surface area (Å²) in [5, 5.41) is 0. The van der Waals surface area contributed by atoms with E-state index in [1.165, 1.54) is 6.08 Å². The molecule has 0 bridgehead atoms. The molecule has 1 aliphatic heterocycles. The fourth-order valence-corrected chi connectivity index (χ4v) is 2.90. The third-order valence-electron chi connectivity index (χ3n) is 4.09. The van der Waals surface area contributed by atoms with Gasteiger partial charge in [0.25, 0.3) is 5.91 Å². The highest BCUT2D eigenvalue weighted by Gasteiger charge is 2.28. The standard InChI is InChI=1S/C19H22BrNO5/c1-2-25-19(24)15-9-11-21(12-10-15)17(22)13-26-18(23)8-5-14-3-6-16(20)7-4-14/h3-8,15H,2,9-13H2,1H3/b8-5+. The molecule has 140 valence electrons. The maximum atomic E-state index is 12.1. The van der Waals surface area contributed by atoms with Gasteiger partial charge in [-0.3, -0.25) is 9.59 Å². The summed E-state index contributed by atoms with van der Waals surface area (Å²) in [4.78, 5) is 37.2. The predicted octanol–water partition coefficient (Wildman–Crippen LogP) is 2.81. The van der Waals surface area contributed by atoms with Crippen molar-refractivity contribution in [3.8, 4) is 0 Å². The van der Waals surface area contributed by atoms with Crippen LogP contribution >= 0.6 is 15.9 Å².